The summed E-state index contributed by atoms with van der Waals surface area (Å²) in [5.41, 5.74) is 1.37. The molecule has 1 atom stereocenters. The Morgan fingerprint density at radius 1 is 1.42 bits per heavy atom. The van der Waals surface area contributed by atoms with Crippen molar-refractivity contribution in [2.75, 3.05) is 13.6 Å². The molecule has 1 saturated carbocycles. The van der Waals surface area contributed by atoms with E-state index in [0.29, 0.717) is 6.04 Å². The molecular weight excluding hydrogens is 300 g/mol. The minimum Gasteiger partial charge on any atom is -0.314 e. The maximum atomic E-state index is 3.58. The molecule has 0 aromatic heterocycles. The van der Waals surface area contributed by atoms with Gasteiger partial charge in [0.1, 0.15) is 0 Å². The molecule has 3 heteroatoms. The molecule has 0 heterocycles. The first-order valence-corrected chi connectivity index (χ1v) is 8.12. The second kappa shape index (κ2) is 7.41. The third kappa shape index (κ3) is 5.64. The Morgan fingerprint density at radius 3 is 2.89 bits per heavy atom. The van der Waals surface area contributed by atoms with E-state index in [9.17, 15) is 0 Å². The van der Waals surface area contributed by atoms with Gasteiger partial charge in [0.05, 0.1) is 0 Å². The summed E-state index contributed by atoms with van der Waals surface area (Å²) in [5.74, 6) is 0. The summed E-state index contributed by atoms with van der Waals surface area (Å²) in [7, 11) is 2.22. The first-order valence-electron chi connectivity index (χ1n) is 7.33. The van der Waals surface area contributed by atoms with Gasteiger partial charge in [-0.1, -0.05) is 28.1 Å². The van der Waals surface area contributed by atoms with Crippen LogP contribution in [0.1, 0.15) is 38.2 Å². The number of nitrogens with zero attached hydrogens (tertiary/aromatic N) is 1. The molecule has 1 aliphatic rings. The van der Waals surface area contributed by atoms with Crippen LogP contribution >= 0.6 is 15.9 Å². The fourth-order valence-electron chi connectivity index (χ4n) is 2.29. The van der Waals surface area contributed by atoms with E-state index < -0.39 is 0 Å². The van der Waals surface area contributed by atoms with Gasteiger partial charge in [-0.05, 0) is 63.9 Å². The molecule has 0 amide bonds. The predicted molar refractivity (Wildman–Crippen MR) is 85.3 cm³/mol. The summed E-state index contributed by atoms with van der Waals surface area (Å²) < 4.78 is 1.17. The summed E-state index contributed by atoms with van der Waals surface area (Å²) in [6.07, 6.45) is 5.32. The molecule has 0 saturated heterocycles. The maximum absolute atomic E-state index is 3.58. The summed E-state index contributed by atoms with van der Waals surface area (Å²) in [6.45, 7) is 4.53. The van der Waals surface area contributed by atoms with E-state index in [1.54, 1.807) is 0 Å². The quantitative estimate of drug-likeness (QED) is 0.732. The summed E-state index contributed by atoms with van der Waals surface area (Å²) in [4.78, 5) is 2.44. The Balaban J connectivity index is 1.67. The molecule has 2 rings (SSSR count). The van der Waals surface area contributed by atoms with Crippen molar-refractivity contribution < 1.29 is 0 Å². The molecule has 0 bridgehead atoms. The normalized spacial score (nSPS) is 16.8. The van der Waals surface area contributed by atoms with Gasteiger partial charge in [-0.25, -0.2) is 0 Å². The zero-order valence-electron chi connectivity index (χ0n) is 12.0. The lowest BCUT2D eigenvalue weighted by Crippen LogP contribution is -2.29. The van der Waals surface area contributed by atoms with Crippen LogP contribution in [0.15, 0.2) is 28.7 Å². The molecule has 106 valence electrons. The molecule has 1 aromatic carbocycles. The minimum atomic E-state index is 0.639. The number of benzene rings is 1. The lowest BCUT2D eigenvalue weighted by molar-refractivity contribution is 0.234. The monoisotopic (exact) mass is 324 g/mol. The van der Waals surface area contributed by atoms with Crippen LogP contribution in [-0.2, 0) is 6.54 Å². The number of hydrogen-bond acceptors (Lipinski definition) is 2. The first kappa shape index (κ1) is 15.0. The Kier molecular flexibility index (Phi) is 5.86. The van der Waals surface area contributed by atoms with Crippen LogP contribution in [-0.4, -0.2) is 30.6 Å². The highest BCUT2D eigenvalue weighted by Gasteiger charge is 2.19. The fourth-order valence-corrected chi connectivity index (χ4v) is 2.74. The molecule has 0 spiro atoms. The van der Waals surface area contributed by atoms with Crippen molar-refractivity contribution in [3.8, 4) is 0 Å². The highest BCUT2D eigenvalue weighted by atomic mass is 79.9. The lowest BCUT2D eigenvalue weighted by atomic mass is 10.1. The van der Waals surface area contributed by atoms with Crippen molar-refractivity contribution >= 4 is 15.9 Å². The molecule has 1 unspecified atom stereocenters. The van der Waals surface area contributed by atoms with Crippen LogP contribution in [0.4, 0.5) is 0 Å². The standard InChI is InChI=1S/C16H25BrN2/c1-13(5-4-10-18-16-8-9-16)19(2)12-14-6-3-7-15(17)11-14/h3,6-7,11,13,16,18H,4-5,8-10,12H2,1-2H3. The van der Waals surface area contributed by atoms with E-state index in [4.69, 9.17) is 0 Å². The highest BCUT2D eigenvalue weighted by Crippen LogP contribution is 2.19. The van der Waals surface area contributed by atoms with E-state index >= 15 is 0 Å². The van der Waals surface area contributed by atoms with Crippen molar-refractivity contribution in [3.63, 3.8) is 0 Å². The third-order valence-electron chi connectivity index (χ3n) is 3.88. The van der Waals surface area contributed by atoms with Crippen molar-refractivity contribution in [1.82, 2.24) is 10.2 Å². The fraction of sp³-hybridized carbons (Fsp3) is 0.625. The van der Waals surface area contributed by atoms with Crippen LogP contribution in [0.5, 0.6) is 0 Å². The molecule has 19 heavy (non-hydrogen) atoms. The van der Waals surface area contributed by atoms with Crippen molar-refractivity contribution in [2.45, 2.75) is 51.2 Å². The average Bonchev–Trinajstić information content (AvgIpc) is 3.18. The summed E-state index contributed by atoms with van der Waals surface area (Å²) in [5, 5.41) is 3.58. The van der Waals surface area contributed by atoms with Crippen molar-refractivity contribution in [2.24, 2.45) is 0 Å². The number of hydrogen-bond donors (Lipinski definition) is 1. The first-order chi connectivity index (χ1) is 9.15. The summed E-state index contributed by atoms with van der Waals surface area (Å²) >= 11 is 3.53. The van der Waals surface area contributed by atoms with Gasteiger partial charge in [-0.15, -0.1) is 0 Å². The van der Waals surface area contributed by atoms with Gasteiger partial charge in [0, 0.05) is 23.1 Å². The van der Waals surface area contributed by atoms with Gasteiger partial charge in [-0.2, -0.15) is 0 Å². The molecule has 1 fully saturated rings. The van der Waals surface area contributed by atoms with E-state index in [-0.39, 0.29) is 0 Å². The predicted octanol–water partition coefficient (Wildman–Crippen LogP) is 3.80. The number of nitrogens with one attached hydrogen (secondary N) is 1. The van der Waals surface area contributed by atoms with Crippen LogP contribution < -0.4 is 5.32 Å². The van der Waals surface area contributed by atoms with Crippen molar-refractivity contribution in [1.29, 1.82) is 0 Å². The zero-order chi connectivity index (χ0) is 13.7. The van der Waals surface area contributed by atoms with Gasteiger partial charge in [0.25, 0.3) is 0 Å². The van der Waals surface area contributed by atoms with E-state index in [0.717, 1.165) is 12.6 Å². The number of rotatable bonds is 8. The Morgan fingerprint density at radius 2 is 2.21 bits per heavy atom. The molecule has 2 nitrogen and oxygen atoms in total. The zero-order valence-corrected chi connectivity index (χ0v) is 13.6. The Hall–Kier alpha value is -0.380. The van der Waals surface area contributed by atoms with E-state index in [1.165, 1.54) is 42.3 Å². The van der Waals surface area contributed by atoms with Crippen LogP contribution in [0.3, 0.4) is 0 Å². The van der Waals surface area contributed by atoms with Gasteiger partial charge in [0.15, 0.2) is 0 Å². The second-order valence-electron chi connectivity index (χ2n) is 5.76. The molecule has 1 N–H and O–H groups in total. The second-order valence-corrected chi connectivity index (χ2v) is 6.68. The molecule has 1 aliphatic carbocycles. The molecule has 0 radical (unpaired) electrons. The Labute approximate surface area is 125 Å². The van der Waals surface area contributed by atoms with E-state index in [1.807, 2.05) is 0 Å². The average molecular weight is 325 g/mol. The van der Waals surface area contributed by atoms with Gasteiger partial charge in [-0.3, -0.25) is 4.90 Å². The largest absolute Gasteiger partial charge is 0.314 e. The van der Waals surface area contributed by atoms with Gasteiger partial charge >= 0.3 is 0 Å². The SMILES string of the molecule is CC(CCCNC1CC1)N(C)Cc1cccc(Br)c1. The lowest BCUT2D eigenvalue weighted by Gasteiger charge is -2.25. The van der Waals surface area contributed by atoms with Crippen LogP contribution in [0.2, 0.25) is 0 Å². The molecule has 0 aliphatic heterocycles. The number of halogens is 1. The molecular formula is C16H25BrN2. The van der Waals surface area contributed by atoms with Gasteiger partial charge < -0.3 is 5.32 Å². The van der Waals surface area contributed by atoms with Crippen LogP contribution in [0.25, 0.3) is 0 Å². The summed E-state index contributed by atoms with van der Waals surface area (Å²) in [6, 6.07) is 10.1. The maximum Gasteiger partial charge on any atom is 0.0233 e. The molecule has 1 aromatic rings. The topological polar surface area (TPSA) is 15.3 Å². The third-order valence-corrected chi connectivity index (χ3v) is 4.38. The smallest absolute Gasteiger partial charge is 0.0233 e. The van der Waals surface area contributed by atoms with Crippen LogP contribution in [0, 0.1) is 0 Å². The van der Waals surface area contributed by atoms with Gasteiger partial charge in [0.2, 0.25) is 0 Å². The Bertz CT molecular complexity index is 390. The van der Waals surface area contributed by atoms with E-state index in [2.05, 4.69) is 64.4 Å². The minimum absolute atomic E-state index is 0.639. The van der Waals surface area contributed by atoms with Crippen molar-refractivity contribution in [3.05, 3.63) is 34.3 Å². The highest BCUT2D eigenvalue weighted by molar-refractivity contribution is 9.10.